The maximum Gasteiger partial charge on any atom is 0.305 e. The van der Waals surface area contributed by atoms with E-state index < -0.39 is 0 Å². The van der Waals surface area contributed by atoms with Crippen LogP contribution in [0.1, 0.15) is 41.5 Å². The van der Waals surface area contributed by atoms with Gasteiger partial charge in [-0.2, -0.15) is 41.3 Å². The minimum Gasteiger partial charge on any atom is -0.453 e. The Bertz CT molecular complexity index is 695. The van der Waals surface area contributed by atoms with Gasteiger partial charge in [-0.25, -0.2) is 0 Å². The van der Waals surface area contributed by atoms with E-state index in [0.717, 1.165) is 6.54 Å². The summed E-state index contributed by atoms with van der Waals surface area (Å²) in [6, 6.07) is 19.7. The van der Waals surface area contributed by atoms with E-state index in [0.29, 0.717) is 24.7 Å². The molecule has 2 aromatic rings. The molecule has 0 aliphatic heterocycles. The molecule has 0 fully saturated rings. The minimum atomic E-state index is -0.300. The number of ether oxygens (including phenoxy) is 2. The maximum absolute atomic E-state index is 10.4. The molecule has 0 aromatic heterocycles. The summed E-state index contributed by atoms with van der Waals surface area (Å²) in [5, 5.41) is 0. The summed E-state index contributed by atoms with van der Waals surface area (Å²) >= 11 is 0. The average Bonchev–Trinajstić information content (AvgIpc) is 2.84. The summed E-state index contributed by atoms with van der Waals surface area (Å²) in [6.07, 6.45) is 0. The van der Waals surface area contributed by atoms with Gasteiger partial charge < -0.3 is 24.1 Å². The van der Waals surface area contributed by atoms with E-state index in [-0.39, 0.29) is 62.6 Å². The number of hydrogen-bond donors (Lipinski definition) is 0. The minimum absolute atomic E-state index is 0. The van der Waals surface area contributed by atoms with E-state index in [1.54, 1.807) is 55.6 Å². The van der Waals surface area contributed by atoms with Crippen molar-refractivity contribution in [3.8, 4) is 11.5 Å². The summed E-state index contributed by atoms with van der Waals surface area (Å²) in [7, 11) is 5.76. The Morgan fingerprint density at radius 1 is 0.917 bits per heavy atom. The van der Waals surface area contributed by atoms with Crippen molar-refractivity contribution in [2.45, 2.75) is 41.5 Å². The molecule has 2 aromatic carbocycles. The zero-order valence-corrected chi connectivity index (χ0v) is 27.6. The smallest absolute Gasteiger partial charge is 0.305 e. The number of carbonyl (C=O) groups excluding carboxylic acids is 2. The number of methoxy groups -OCH3 is 1. The third-order valence-electron chi connectivity index (χ3n) is 3.39. The van der Waals surface area contributed by atoms with Gasteiger partial charge in [0.25, 0.3) is 0 Å². The molecule has 202 valence electrons. The van der Waals surface area contributed by atoms with E-state index >= 15 is 0 Å². The maximum atomic E-state index is 10.4. The summed E-state index contributed by atoms with van der Waals surface area (Å²) in [5.41, 5.74) is -0.0981. The van der Waals surface area contributed by atoms with Gasteiger partial charge >= 0.3 is 5.97 Å². The summed E-state index contributed by atoms with van der Waals surface area (Å²) < 4.78 is 10.00. The van der Waals surface area contributed by atoms with Gasteiger partial charge in [-0.05, 0) is 14.1 Å². The second kappa shape index (κ2) is 32.0. The van der Waals surface area contributed by atoms with Crippen molar-refractivity contribution in [3.05, 3.63) is 60.7 Å². The molecule has 1 unspecified atom stereocenters. The van der Waals surface area contributed by atoms with Gasteiger partial charge in [-0.1, -0.05) is 34.6 Å². The number of benzene rings is 2. The first kappa shape index (κ1) is 44.9. The summed E-state index contributed by atoms with van der Waals surface area (Å²) in [4.78, 5) is 31.0. The van der Waals surface area contributed by atoms with Crippen LogP contribution in [-0.2, 0) is 70.5 Å². The molecule has 9 heteroatoms. The molecule has 0 aliphatic carbocycles. The Labute approximate surface area is 256 Å². The molecule has 0 aliphatic rings. The Morgan fingerprint density at radius 2 is 1.33 bits per heavy atom. The standard InChI is InChI=1S/C14H22NO3.C8H7O2.2C2H6.CH2O.V.Y/c1-14(11-16-4,10-15(2)3)12-17-18-13-8-6-5-7-9-13;1-7(9)10-8-5-3-2-4-6-8;3*1-2;;/h6-9H,10-12H2,1-4H3;3-6H,1H3;2*1-2H3;1H2;;/q2*-1;;;;;. The monoisotopic (exact) mass is 617 g/mol. The number of esters is 1. The third-order valence-corrected chi connectivity index (χ3v) is 3.39. The summed E-state index contributed by atoms with van der Waals surface area (Å²) in [5.74, 6) is 0.941. The SMILES string of the molecule is C=O.CC.CC.CC(=O)Oc1cc[c-]cc1.COCC(C)(COOc1cc[c-]cc1)CN(C)C.[V].[Y]. The molecule has 0 N–H and O–H groups in total. The summed E-state index contributed by atoms with van der Waals surface area (Å²) in [6.45, 7) is 15.4. The molecule has 0 spiro atoms. The molecular formula is C27H43NO6VY-2. The number of rotatable bonds is 9. The Hall–Kier alpha value is -1.05. The zero-order chi connectivity index (χ0) is 26.8. The van der Waals surface area contributed by atoms with Gasteiger partial charge in [-0.3, -0.25) is 4.79 Å². The quantitative estimate of drug-likeness (QED) is 0.125. The molecular weight excluding hydrogens is 574 g/mol. The van der Waals surface area contributed by atoms with Crippen molar-refractivity contribution in [2.75, 3.05) is 41.0 Å². The Kier molecular flexibility index (Phi) is 39.9. The second-order valence-corrected chi connectivity index (χ2v) is 6.89. The second-order valence-electron chi connectivity index (χ2n) is 6.89. The van der Waals surface area contributed by atoms with Gasteiger partial charge in [0, 0.05) is 83.0 Å². The van der Waals surface area contributed by atoms with E-state index in [4.69, 9.17) is 24.0 Å². The van der Waals surface area contributed by atoms with Crippen LogP contribution in [0.15, 0.2) is 48.5 Å². The fraction of sp³-hybridized carbons (Fsp3) is 0.481. The van der Waals surface area contributed by atoms with Crippen molar-refractivity contribution < 1.29 is 80.1 Å². The van der Waals surface area contributed by atoms with Crippen LogP contribution >= 0.6 is 0 Å². The van der Waals surface area contributed by atoms with Crippen molar-refractivity contribution in [3.63, 3.8) is 0 Å². The van der Waals surface area contributed by atoms with Crippen molar-refractivity contribution in [2.24, 2.45) is 5.41 Å². The first-order chi connectivity index (χ1) is 16.3. The topological polar surface area (TPSA) is 74.3 Å². The fourth-order valence-corrected chi connectivity index (χ4v) is 2.52. The van der Waals surface area contributed by atoms with Gasteiger partial charge in [0.15, 0.2) is 0 Å². The molecule has 0 amide bonds. The Balaban J connectivity index is -0.000000152. The largest absolute Gasteiger partial charge is 0.453 e. The molecule has 36 heavy (non-hydrogen) atoms. The molecule has 7 nitrogen and oxygen atoms in total. The van der Waals surface area contributed by atoms with Crippen LogP contribution in [0.2, 0.25) is 0 Å². The van der Waals surface area contributed by atoms with Gasteiger partial charge in [-0.15, -0.1) is 24.3 Å². The predicted octanol–water partition coefficient (Wildman–Crippen LogP) is 5.29. The van der Waals surface area contributed by atoms with Crippen LogP contribution in [0.5, 0.6) is 11.5 Å². The molecule has 0 saturated carbocycles. The van der Waals surface area contributed by atoms with Crippen LogP contribution in [0.3, 0.4) is 0 Å². The zero-order valence-electron chi connectivity index (χ0n) is 23.4. The van der Waals surface area contributed by atoms with Crippen LogP contribution in [0.4, 0.5) is 0 Å². The molecule has 2 radical (unpaired) electrons. The first-order valence-electron chi connectivity index (χ1n) is 11.2. The van der Waals surface area contributed by atoms with Gasteiger partial charge in [0.2, 0.25) is 0 Å². The fourth-order valence-electron chi connectivity index (χ4n) is 2.52. The van der Waals surface area contributed by atoms with Gasteiger partial charge in [0.1, 0.15) is 13.4 Å². The predicted molar refractivity (Wildman–Crippen MR) is 137 cm³/mol. The molecule has 1 atom stereocenters. The van der Waals surface area contributed by atoms with Crippen LogP contribution < -0.4 is 9.62 Å². The molecule has 0 bridgehead atoms. The van der Waals surface area contributed by atoms with Crippen LogP contribution in [0, 0.1) is 17.5 Å². The van der Waals surface area contributed by atoms with Crippen molar-refractivity contribution in [1.29, 1.82) is 0 Å². The normalized spacial score (nSPS) is 10.2. The van der Waals surface area contributed by atoms with Crippen molar-refractivity contribution in [1.82, 2.24) is 4.90 Å². The first-order valence-corrected chi connectivity index (χ1v) is 11.2. The van der Waals surface area contributed by atoms with Crippen molar-refractivity contribution >= 4 is 12.8 Å². The van der Waals surface area contributed by atoms with E-state index in [1.807, 2.05) is 48.6 Å². The average molecular weight is 617 g/mol. The number of carbonyl (C=O) groups is 2. The van der Waals surface area contributed by atoms with E-state index in [2.05, 4.69) is 24.0 Å². The molecule has 2 rings (SSSR count). The molecule has 0 heterocycles. The van der Waals surface area contributed by atoms with Gasteiger partial charge in [0.05, 0.1) is 12.4 Å². The Morgan fingerprint density at radius 3 is 1.69 bits per heavy atom. The van der Waals surface area contributed by atoms with Crippen LogP contribution in [0.25, 0.3) is 0 Å². The van der Waals surface area contributed by atoms with E-state index in [1.165, 1.54) is 6.92 Å². The third kappa shape index (κ3) is 27.5. The number of hydrogen-bond acceptors (Lipinski definition) is 7. The van der Waals surface area contributed by atoms with E-state index in [9.17, 15) is 4.79 Å². The molecule has 0 saturated heterocycles. The van der Waals surface area contributed by atoms with Crippen LogP contribution in [-0.4, -0.2) is 58.6 Å². The number of nitrogens with zero attached hydrogens (tertiary/aromatic N) is 1.